The van der Waals surface area contributed by atoms with E-state index in [0.29, 0.717) is 17.2 Å². The van der Waals surface area contributed by atoms with Crippen LogP contribution in [-0.2, 0) is 9.53 Å². The van der Waals surface area contributed by atoms with Crippen LogP contribution in [0.4, 0.5) is 5.69 Å². The molecule has 2 rings (SSSR count). The van der Waals surface area contributed by atoms with Crippen LogP contribution >= 0.6 is 0 Å². The van der Waals surface area contributed by atoms with E-state index in [1.54, 1.807) is 30.3 Å². The Morgan fingerprint density at radius 3 is 2.46 bits per heavy atom. The molecule has 0 bridgehead atoms. The number of methoxy groups -OCH3 is 1. The number of ether oxygens (including phenoxy) is 1. The zero-order valence-corrected chi connectivity index (χ0v) is 13.9. The lowest BCUT2D eigenvalue weighted by Gasteiger charge is -2.30. The average molecular weight is 327 g/mol. The lowest BCUT2D eigenvalue weighted by atomic mass is 9.98. The van der Waals surface area contributed by atoms with Crippen LogP contribution in [0.1, 0.15) is 30.1 Å². The first kappa shape index (κ1) is 17.5. The van der Waals surface area contributed by atoms with Crippen molar-refractivity contribution in [2.24, 2.45) is 5.92 Å². The first-order chi connectivity index (χ1) is 11.5. The highest BCUT2D eigenvalue weighted by Crippen LogP contribution is 2.19. The number of carbonyl (C=O) groups excluding carboxylic acids is 2. The molecule has 1 fully saturated rings. The summed E-state index contributed by atoms with van der Waals surface area (Å²) in [6.07, 6.45) is 3.37. The van der Waals surface area contributed by atoms with Crippen LogP contribution in [0.3, 0.4) is 0 Å². The molecule has 6 nitrogen and oxygen atoms in total. The van der Waals surface area contributed by atoms with Crippen molar-refractivity contribution in [3.63, 3.8) is 0 Å². The minimum Gasteiger partial charge on any atom is -0.465 e. The van der Waals surface area contributed by atoms with Gasteiger partial charge < -0.3 is 15.0 Å². The van der Waals surface area contributed by atoms with E-state index in [0.717, 1.165) is 25.9 Å². The number of likely N-dealkylation sites (tertiary alicyclic amines) is 1. The first-order valence-corrected chi connectivity index (χ1v) is 7.89. The molecular weight excluding hydrogens is 306 g/mol. The molecule has 0 radical (unpaired) electrons. The van der Waals surface area contributed by atoms with Gasteiger partial charge in [-0.2, -0.15) is 5.26 Å². The van der Waals surface area contributed by atoms with E-state index in [1.165, 1.54) is 13.3 Å². The van der Waals surface area contributed by atoms with Crippen LogP contribution in [0.5, 0.6) is 0 Å². The molecule has 1 aromatic carbocycles. The molecule has 0 atom stereocenters. The molecule has 0 aliphatic carbocycles. The summed E-state index contributed by atoms with van der Waals surface area (Å²) in [5.74, 6) is 0.0175. The second-order valence-electron chi connectivity index (χ2n) is 5.86. The number of nitrogens with one attached hydrogen (secondary N) is 1. The summed E-state index contributed by atoms with van der Waals surface area (Å²) in [7, 11) is 1.22. The van der Waals surface area contributed by atoms with Crippen molar-refractivity contribution in [1.82, 2.24) is 4.90 Å². The van der Waals surface area contributed by atoms with Crippen molar-refractivity contribution in [3.8, 4) is 6.07 Å². The highest BCUT2D eigenvalue weighted by molar-refractivity contribution is 5.95. The predicted octanol–water partition coefficient (Wildman–Crippen LogP) is 2.55. The van der Waals surface area contributed by atoms with Gasteiger partial charge in [-0.25, -0.2) is 4.79 Å². The van der Waals surface area contributed by atoms with Crippen molar-refractivity contribution < 1.29 is 14.3 Å². The van der Waals surface area contributed by atoms with Crippen molar-refractivity contribution >= 4 is 17.6 Å². The van der Waals surface area contributed by atoms with E-state index in [9.17, 15) is 9.59 Å². The van der Waals surface area contributed by atoms with Gasteiger partial charge in [0, 0.05) is 30.5 Å². The molecule has 0 aromatic heterocycles. The second kappa shape index (κ2) is 8.16. The van der Waals surface area contributed by atoms with Gasteiger partial charge in [0.1, 0.15) is 6.07 Å². The molecule has 1 amide bonds. The molecule has 126 valence electrons. The fourth-order valence-electron chi connectivity index (χ4n) is 2.51. The molecule has 0 saturated carbocycles. The number of nitriles is 1. The number of amides is 1. The van der Waals surface area contributed by atoms with E-state index in [2.05, 4.69) is 17.0 Å². The van der Waals surface area contributed by atoms with Crippen LogP contribution in [-0.4, -0.2) is 37.0 Å². The Morgan fingerprint density at radius 1 is 1.29 bits per heavy atom. The van der Waals surface area contributed by atoms with Gasteiger partial charge in [0.15, 0.2) is 5.57 Å². The molecule has 1 aliphatic rings. The zero-order chi connectivity index (χ0) is 17.5. The summed E-state index contributed by atoms with van der Waals surface area (Å²) < 4.78 is 4.50. The Bertz CT molecular complexity index is 666. The van der Waals surface area contributed by atoms with Crippen LogP contribution in [0.25, 0.3) is 0 Å². The van der Waals surface area contributed by atoms with Crippen molar-refractivity contribution in [2.45, 2.75) is 19.8 Å². The van der Waals surface area contributed by atoms with Gasteiger partial charge in [-0.3, -0.25) is 4.79 Å². The maximum Gasteiger partial charge on any atom is 0.350 e. The number of carbonyl (C=O) groups is 2. The Labute approximate surface area is 141 Å². The van der Waals surface area contributed by atoms with Gasteiger partial charge >= 0.3 is 5.97 Å². The van der Waals surface area contributed by atoms with Crippen LogP contribution in [0, 0.1) is 17.2 Å². The minimum atomic E-state index is -0.698. The van der Waals surface area contributed by atoms with Crippen molar-refractivity contribution in [1.29, 1.82) is 5.26 Å². The van der Waals surface area contributed by atoms with Crippen molar-refractivity contribution in [3.05, 3.63) is 41.6 Å². The summed E-state index contributed by atoms with van der Waals surface area (Å²) in [6.45, 7) is 3.81. The molecule has 6 heteroatoms. The Hall–Kier alpha value is -2.81. The summed E-state index contributed by atoms with van der Waals surface area (Å²) in [5.41, 5.74) is 1.18. The van der Waals surface area contributed by atoms with Gasteiger partial charge in [-0.05, 0) is 43.0 Å². The summed E-state index contributed by atoms with van der Waals surface area (Å²) in [6, 6.07) is 8.71. The second-order valence-corrected chi connectivity index (χ2v) is 5.86. The number of nitrogens with zero attached hydrogens (tertiary/aromatic N) is 2. The Balaban J connectivity index is 2.00. The summed E-state index contributed by atoms with van der Waals surface area (Å²) >= 11 is 0. The largest absolute Gasteiger partial charge is 0.465 e. The number of hydrogen-bond acceptors (Lipinski definition) is 5. The number of piperidine rings is 1. The predicted molar refractivity (Wildman–Crippen MR) is 90.1 cm³/mol. The van der Waals surface area contributed by atoms with Crippen LogP contribution < -0.4 is 5.32 Å². The van der Waals surface area contributed by atoms with E-state index in [-0.39, 0.29) is 11.5 Å². The monoisotopic (exact) mass is 327 g/mol. The molecular formula is C18H21N3O3. The highest BCUT2D eigenvalue weighted by Gasteiger charge is 2.21. The molecule has 1 saturated heterocycles. The first-order valence-electron chi connectivity index (χ1n) is 7.89. The standard InChI is InChI=1S/C18H21N3O3/c1-13-7-9-21(10-8-13)17(22)14-3-5-16(6-4-14)20-12-15(11-19)18(23)24-2/h3-6,12-13,20H,7-10H2,1-2H3/b15-12+. The minimum absolute atomic E-state index is 0.0382. The van der Waals surface area contributed by atoms with Gasteiger partial charge in [0.05, 0.1) is 7.11 Å². The lowest BCUT2D eigenvalue weighted by molar-refractivity contribution is -0.135. The SMILES string of the molecule is COC(=O)/C(C#N)=C/Nc1ccc(C(=O)N2CCC(C)CC2)cc1. The Morgan fingerprint density at radius 2 is 1.92 bits per heavy atom. The number of hydrogen-bond donors (Lipinski definition) is 1. The quantitative estimate of drug-likeness (QED) is 0.522. The van der Waals surface area contributed by atoms with Crippen LogP contribution in [0.15, 0.2) is 36.0 Å². The molecule has 24 heavy (non-hydrogen) atoms. The van der Waals surface area contributed by atoms with E-state index in [4.69, 9.17) is 5.26 Å². The molecule has 1 aromatic rings. The van der Waals surface area contributed by atoms with Gasteiger partial charge in [0.25, 0.3) is 5.91 Å². The Kier molecular flexibility index (Phi) is 5.96. The third-order valence-electron chi connectivity index (χ3n) is 4.11. The maximum atomic E-state index is 12.4. The number of anilines is 1. The number of esters is 1. The smallest absolute Gasteiger partial charge is 0.350 e. The fraction of sp³-hybridized carbons (Fsp3) is 0.389. The summed E-state index contributed by atoms with van der Waals surface area (Å²) in [5, 5.41) is 11.7. The normalized spacial score (nSPS) is 15.5. The van der Waals surface area contributed by atoms with Crippen LogP contribution in [0.2, 0.25) is 0 Å². The highest BCUT2D eigenvalue weighted by atomic mass is 16.5. The van der Waals surface area contributed by atoms with E-state index < -0.39 is 5.97 Å². The van der Waals surface area contributed by atoms with Gasteiger partial charge in [-0.15, -0.1) is 0 Å². The van der Waals surface area contributed by atoms with E-state index in [1.807, 2.05) is 4.90 Å². The lowest BCUT2D eigenvalue weighted by Crippen LogP contribution is -2.37. The van der Waals surface area contributed by atoms with Gasteiger partial charge in [0.2, 0.25) is 0 Å². The molecule has 1 N–H and O–H groups in total. The molecule has 1 heterocycles. The van der Waals surface area contributed by atoms with E-state index >= 15 is 0 Å². The molecule has 1 aliphatic heterocycles. The summed E-state index contributed by atoms with van der Waals surface area (Å²) in [4.78, 5) is 25.6. The average Bonchev–Trinajstić information content (AvgIpc) is 2.62. The van der Waals surface area contributed by atoms with Gasteiger partial charge in [-0.1, -0.05) is 6.92 Å². The zero-order valence-electron chi connectivity index (χ0n) is 13.9. The third kappa shape index (κ3) is 4.35. The number of benzene rings is 1. The fourth-order valence-corrected chi connectivity index (χ4v) is 2.51. The maximum absolute atomic E-state index is 12.4. The van der Waals surface area contributed by atoms with Crippen molar-refractivity contribution in [2.75, 3.05) is 25.5 Å². The number of rotatable bonds is 4. The molecule has 0 spiro atoms. The molecule has 0 unspecified atom stereocenters. The topological polar surface area (TPSA) is 82.4 Å². The third-order valence-corrected chi connectivity index (χ3v) is 4.11.